The first kappa shape index (κ1) is 13.7. The zero-order chi connectivity index (χ0) is 13.1. The third-order valence-corrected chi connectivity index (χ3v) is 3.07. The number of amides is 1. The number of carbonyl (C=O) groups excluding carboxylic acids is 1. The Kier molecular flexibility index (Phi) is 4.29. The second kappa shape index (κ2) is 5.32. The predicted octanol–water partition coefficient (Wildman–Crippen LogP) is 2.00. The van der Waals surface area contributed by atoms with E-state index in [1.54, 1.807) is 0 Å². The Morgan fingerprint density at radius 3 is 2.53 bits per heavy atom. The molecule has 0 fully saturated rings. The highest BCUT2D eigenvalue weighted by molar-refractivity contribution is 5.75. The monoisotopic (exact) mass is 234 g/mol. The van der Waals surface area contributed by atoms with Crippen molar-refractivity contribution in [3.8, 4) is 0 Å². The van der Waals surface area contributed by atoms with E-state index in [9.17, 15) is 4.79 Å². The zero-order valence-electron chi connectivity index (χ0n) is 11.1. The van der Waals surface area contributed by atoms with Gasteiger partial charge in [-0.3, -0.25) is 4.79 Å². The van der Waals surface area contributed by atoms with Gasteiger partial charge in [-0.2, -0.15) is 0 Å². The van der Waals surface area contributed by atoms with Crippen molar-refractivity contribution in [1.29, 1.82) is 0 Å². The molecule has 0 aromatic heterocycles. The van der Waals surface area contributed by atoms with Gasteiger partial charge in [-0.15, -0.1) is 0 Å². The number of aryl methyl sites for hydroxylation is 2. The average Bonchev–Trinajstić information content (AvgIpc) is 2.15. The summed E-state index contributed by atoms with van der Waals surface area (Å²) in [5.41, 5.74) is 8.53. The molecule has 3 N–H and O–H groups in total. The zero-order valence-corrected chi connectivity index (χ0v) is 11.1. The minimum Gasteiger partial charge on any atom is -0.370 e. The SMILES string of the molecule is CCNC(C)(CC(N)=O)c1ccc(C)cc1C. The number of carbonyl (C=O) groups is 1. The van der Waals surface area contributed by atoms with Crippen molar-refractivity contribution in [2.75, 3.05) is 6.54 Å². The summed E-state index contributed by atoms with van der Waals surface area (Å²) in [4.78, 5) is 11.2. The first-order valence-corrected chi connectivity index (χ1v) is 6.00. The molecule has 1 aromatic rings. The lowest BCUT2D eigenvalue weighted by Gasteiger charge is -2.31. The van der Waals surface area contributed by atoms with Crippen LogP contribution >= 0.6 is 0 Å². The molecule has 1 aromatic carbocycles. The Hall–Kier alpha value is -1.35. The summed E-state index contributed by atoms with van der Waals surface area (Å²) in [6.45, 7) is 8.99. The van der Waals surface area contributed by atoms with Gasteiger partial charge in [0.1, 0.15) is 0 Å². The summed E-state index contributed by atoms with van der Waals surface area (Å²) in [5.74, 6) is -0.284. The first-order chi connectivity index (χ1) is 7.89. The van der Waals surface area contributed by atoms with Gasteiger partial charge in [-0.25, -0.2) is 0 Å². The van der Waals surface area contributed by atoms with Crippen LogP contribution in [0.2, 0.25) is 0 Å². The van der Waals surface area contributed by atoms with Crippen molar-refractivity contribution >= 4 is 5.91 Å². The molecule has 0 spiro atoms. The third-order valence-electron chi connectivity index (χ3n) is 3.07. The molecular weight excluding hydrogens is 212 g/mol. The topological polar surface area (TPSA) is 55.1 Å². The van der Waals surface area contributed by atoms with E-state index in [0.717, 1.165) is 12.1 Å². The first-order valence-electron chi connectivity index (χ1n) is 6.00. The molecule has 0 saturated heterocycles. The van der Waals surface area contributed by atoms with E-state index >= 15 is 0 Å². The smallest absolute Gasteiger partial charge is 0.219 e. The molecule has 1 rings (SSSR count). The molecule has 0 aliphatic rings. The van der Waals surface area contributed by atoms with E-state index in [-0.39, 0.29) is 11.4 Å². The molecule has 1 amide bonds. The molecule has 3 nitrogen and oxygen atoms in total. The Morgan fingerprint density at radius 1 is 1.41 bits per heavy atom. The number of hydrogen-bond acceptors (Lipinski definition) is 2. The van der Waals surface area contributed by atoms with Gasteiger partial charge in [-0.1, -0.05) is 30.7 Å². The molecule has 3 heteroatoms. The summed E-state index contributed by atoms with van der Waals surface area (Å²) in [5, 5.41) is 3.37. The van der Waals surface area contributed by atoms with Crippen LogP contribution in [0.15, 0.2) is 18.2 Å². The Labute approximate surface area is 103 Å². The van der Waals surface area contributed by atoms with Gasteiger partial charge in [0.15, 0.2) is 0 Å². The van der Waals surface area contributed by atoms with Gasteiger partial charge in [0.05, 0.1) is 0 Å². The summed E-state index contributed by atoms with van der Waals surface area (Å²) in [6.07, 6.45) is 0.310. The fraction of sp³-hybridized carbons (Fsp3) is 0.500. The molecule has 0 radical (unpaired) electrons. The van der Waals surface area contributed by atoms with Crippen molar-refractivity contribution in [3.63, 3.8) is 0 Å². The van der Waals surface area contributed by atoms with Crippen molar-refractivity contribution < 1.29 is 4.79 Å². The van der Waals surface area contributed by atoms with E-state index < -0.39 is 0 Å². The molecule has 94 valence electrons. The summed E-state index contributed by atoms with van der Waals surface area (Å²) >= 11 is 0. The lowest BCUT2D eigenvalue weighted by molar-refractivity contribution is -0.119. The predicted molar refractivity (Wildman–Crippen MR) is 70.8 cm³/mol. The van der Waals surface area contributed by atoms with E-state index in [4.69, 9.17) is 5.73 Å². The standard InChI is InChI=1S/C14H22N2O/c1-5-16-14(4,9-13(15)17)12-7-6-10(2)8-11(12)3/h6-8,16H,5,9H2,1-4H3,(H2,15,17). The van der Waals surface area contributed by atoms with Crippen molar-refractivity contribution in [3.05, 3.63) is 34.9 Å². The molecular formula is C14H22N2O. The maximum absolute atomic E-state index is 11.2. The van der Waals surface area contributed by atoms with Crippen LogP contribution in [0.25, 0.3) is 0 Å². The molecule has 1 unspecified atom stereocenters. The number of nitrogens with one attached hydrogen (secondary N) is 1. The summed E-state index contributed by atoms with van der Waals surface area (Å²) in [7, 11) is 0. The molecule has 1 atom stereocenters. The fourth-order valence-electron chi connectivity index (χ4n) is 2.42. The van der Waals surface area contributed by atoms with Crippen LogP contribution < -0.4 is 11.1 Å². The van der Waals surface area contributed by atoms with Crippen LogP contribution in [0.3, 0.4) is 0 Å². The molecule has 17 heavy (non-hydrogen) atoms. The quantitative estimate of drug-likeness (QED) is 0.818. The van der Waals surface area contributed by atoms with Gasteiger partial charge in [0.25, 0.3) is 0 Å². The minimum absolute atomic E-state index is 0.284. The largest absolute Gasteiger partial charge is 0.370 e. The normalized spacial score (nSPS) is 14.4. The van der Waals surface area contributed by atoms with Crippen LogP contribution in [0, 0.1) is 13.8 Å². The van der Waals surface area contributed by atoms with E-state index in [1.165, 1.54) is 11.1 Å². The van der Waals surface area contributed by atoms with Gasteiger partial charge in [0.2, 0.25) is 5.91 Å². The number of rotatable bonds is 5. The summed E-state index contributed by atoms with van der Waals surface area (Å²) < 4.78 is 0. The Morgan fingerprint density at radius 2 is 2.06 bits per heavy atom. The van der Waals surface area contributed by atoms with Gasteiger partial charge < -0.3 is 11.1 Å². The van der Waals surface area contributed by atoms with Crippen LogP contribution in [0.5, 0.6) is 0 Å². The van der Waals surface area contributed by atoms with Crippen molar-refractivity contribution in [1.82, 2.24) is 5.32 Å². The second-order valence-electron chi connectivity index (χ2n) is 4.82. The molecule has 0 bridgehead atoms. The Bertz CT molecular complexity index is 415. The van der Waals surface area contributed by atoms with Gasteiger partial charge in [0, 0.05) is 12.0 Å². The van der Waals surface area contributed by atoms with Crippen LogP contribution in [-0.2, 0) is 10.3 Å². The highest BCUT2D eigenvalue weighted by Crippen LogP contribution is 2.27. The average molecular weight is 234 g/mol. The van der Waals surface area contributed by atoms with E-state index in [0.29, 0.717) is 6.42 Å². The minimum atomic E-state index is -0.377. The number of hydrogen-bond donors (Lipinski definition) is 2. The molecule has 0 saturated carbocycles. The highest BCUT2D eigenvalue weighted by Gasteiger charge is 2.28. The fourth-order valence-corrected chi connectivity index (χ4v) is 2.42. The lowest BCUT2D eigenvalue weighted by atomic mass is 9.84. The van der Waals surface area contributed by atoms with E-state index in [2.05, 4.69) is 37.4 Å². The van der Waals surface area contributed by atoms with Crippen LogP contribution in [0.1, 0.15) is 37.0 Å². The summed E-state index contributed by atoms with van der Waals surface area (Å²) in [6, 6.07) is 6.28. The maximum atomic E-state index is 11.2. The second-order valence-corrected chi connectivity index (χ2v) is 4.82. The van der Waals surface area contributed by atoms with Gasteiger partial charge >= 0.3 is 0 Å². The molecule has 0 aliphatic carbocycles. The lowest BCUT2D eigenvalue weighted by Crippen LogP contribution is -2.43. The third kappa shape index (κ3) is 3.30. The molecule has 0 aliphatic heterocycles. The van der Waals surface area contributed by atoms with Gasteiger partial charge in [-0.05, 0) is 38.4 Å². The molecule has 0 heterocycles. The van der Waals surface area contributed by atoms with Crippen molar-refractivity contribution in [2.24, 2.45) is 5.73 Å². The maximum Gasteiger partial charge on any atom is 0.219 e. The van der Waals surface area contributed by atoms with E-state index in [1.807, 2.05) is 13.8 Å². The Balaban J connectivity index is 3.16. The number of benzene rings is 1. The van der Waals surface area contributed by atoms with Crippen LogP contribution in [0.4, 0.5) is 0 Å². The number of primary amides is 1. The number of nitrogens with two attached hydrogens (primary N) is 1. The highest BCUT2D eigenvalue weighted by atomic mass is 16.1. The van der Waals surface area contributed by atoms with Crippen LogP contribution in [-0.4, -0.2) is 12.5 Å². The van der Waals surface area contributed by atoms with Crippen molar-refractivity contribution in [2.45, 2.75) is 39.7 Å².